The fourth-order valence-electron chi connectivity index (χ4n) is 1.22. The van der Waals surface area contributed by atoms with Crippen molar-refractivity contribution in [1.29, 1.82) is 0 Å². The maximum absolute atomic E-state index is 13.4. The maximum atomic E-state index is 13.4. The van der Waals surface area contributed by atoms with Crippen molar-refractivity contribution in [2.24, 2.45) is 0 Å². The SMILES string of the molecule is Fc1cc(C(F)(F)F)ccc1-c1ncn[nH]1. The topological polar surface area (TPSA) is 41.6 Å². The molecule has 1 N–H and O–H groups in total. The molecule has 0 amide bonds. The van der Waals surface area contributed by atoms with Crippen molar-refractivity contribution in [2.75, 3.05) is 0 Å². The molecule has 0 saturated carbocycles. The number of halogens is 4. The number of aromatic amines is 1. The van der Waals surface area contributed by atoms with Crippen LogP contribution in [-0.2, 0) is 6.18 Å². The van der Waals surface area contributed by atoms with E-state index in [1.807, 2.05) is 0 Å². The number of benzene rings is 1. The quantitative estimate of drug-likeness (QED) is 0.766. The predicted octanol–water partition coefficient (Wildman–Crippen LogP) is 2.63. The summed E-state index contributed by atoms with van der Waals surface area (Å²) in [5, 5.41) is 5.86. The molecule has 16 heavy (non-hydrogen) atoms. The van der Waals surface area contributed by atoms with Gasteiger partial charge in [0.15, 0.2) is 5.82 Å². The summed E-state index contributed by atoms with van der Waals surface area (Å²) in [7, 11) is 0. The number of nitrogens with one attached hydrogen (secondary N) is 1. The van der Waals surface area contributed by atoms with E-state index in [9.17, 15) is 17.6 Å². The Labute approximate surface area is 87.1 Å². The van der Waals surface area contributed by atoms with E-state index in [0.29, 0.717) is 6.07 Å². The minimum Gasteiger partial charge on any atom is -0.259 e. The van der Waals surface area contributed by atoms with Crippen LogP contribution in [0.25, 0.3) is 11.4 Å². The molecule has 2 rings (SSSR count). The number of nitrogens with zero attached hydrogens (tertiary/aromatic N) is 2. The largest absolute Gasteiger partial charge is 0.416 e. The van der Waals surface area contributed by atoms with Crippen molar-refractivity contribution >= 4 is 0 Å². The van der Waals surface area contributed by atoms with Crippen LogP contribution in [0.5, 0.6) is 0 Å². The van der Waals surface area contributed by atoms with Crippen molar-refractivity contribution in [2.45, 2.75) is 6.18 Å². The van der Waals surface area contributed by atoms with E-state index in [1.54, 1.807) is 0 Å². The van der Waals surface area contributed by atoms with Gasteiger partial charge in [-0.2, -0.15) is 18.3 Å². The molecule has 1 aromatic heterocycles. The average Bonchev–Trinajstić information content (AvgIpc) is 2.69. The summed E-state index contributed by atoms with van der Waals surface area (Å²) in [5.74, 6) is -0.905. The third-order valence-corrected chi connectivity index (χ3v) is 1.97. The molecule has 0 radical (unpaired) electrons. The van der Waals surface area contributed by atoms with Crippen LogP contribution in [0, 0.1) is 5.82 Å². The van der Waals surface area contributed by atoms with E-state index in [1.165, 1.54) is 0 Å². The zero-order valence-corrected chi connectivity index (χ0v) is 7.72. The highest BCUT2D eigenvalue weighted by atomic mass is 19.4. The Morgan fingerprint density at radius 2 is 1.94 bits per heavy atom. The number of rotatable bonds is 1. The van der Waals surface area contributed by atoms with Crippen LogP contribution in [0.15, 0.2) is 24.5 Å². The minimum absolute atomic E-state index is 0.0505. The van der Waals surface area contributed by atoms with Crippen molar-refractivity contribution in [3.05, 3.63) is 35.9 Å². The highest BCUT2D eigenvalue weighted by Crippen LogP contribution is 2.31. The lowest BCUT2D eigenvalue weighted by Crippen LogP contribution is -2.05. The second kappa shape index (κ2) is 3.58. The first-order valence-electron chi connectivity index (χ1n) is 4.21. The second-order valence-corrected chi connectivity index (χ2v) is 3.03. The van der Waals surface area contributed by atoms with Crippen LogP contribution in [0.1, 0.15) is 5.56 Å². The van der Waals surface area contributed by atoms with Gasteiger partial charge in [0.2, 0.25) is 0 Å². The van der Waals surface area contributed by atoms with Crippen molar-refractivity contribution in [3.8, 4) is 11.4 Å². The van der Waals surface area contributed by atoms with Gasteiger partial charge in [-0.05, 0) is 18.2 Å². The van der Waals surface area contributed by atoms with Crippen molar-refractivity contribution < 1.29 is 17.6 Å². The molecule has 7 heteroatoms. The average molecular weight is 231 g/mol. The van der Waals surface area contributed by atoms with Gasteiger partial charge >= 0.3 is 6.18 Å². The number of H-pyrrole nitrogens is 1. The number of alkyl halides is 3. The van der Waals surface area contributed by atoms with Crippen LogP contribution < -0.4 is 0 Å². The maximum Gasteiger partial charge on any atom is 0.416 e. The lowest BCUT2D eigenvalue weighted by Gasteiger charge is -2.07. The van der Waals surface area contributed by atoms with Crippen LogP contribution >= 0.6 is 0 Å². The lowest BCUT2D eigenvalue weighted by atomic mass is 10.1. The Morgan fingerprint density at radius 1 is 1.19 bits per heavy atom. The Balaban J connectivity index is 2.46. The number of aromatic nitrogens is 3. The molecule has 84 valence electrons. The summed E-state index contributed by atoms with van der Waals surface area (Å²) in [6.45, 7) is 0. The fraction of sp³-hybridized carbons (Fsp3) is 0.111. The lowest BCUT2D eigenvalue weighted by molar-refractivity contribution is -0.137. The van der Waals surface area contributed by atoms with Crippen LogP contribution in [-0.4, -0.2) is 15.2 Å². The normalized spacial score (nSPS) is 11.8. The molecule has 0 aliphatic carbocycles. The van der Waals surface area contributed by atoms with Crippen LogP contribution in [0.2, 0.25) is 0 Å². The fourth-order valence-corrected chi connectivity index (χ4v) is 1.22. The second-order valence-electron chi connectivity index (χ2n) is 3.03. The van der Waals surface area contributed by atoms with Crippen LogP contribution in [0.3, 0.4) is 0 Å². The molecule has 2 aromatic rings. The molecule has 0 spiro atoms. The van der Waals surface area contributed by atoms with Gasteiger partial charge in [-0.1, -0.05) is 0 Å². The summed E-state index contributed by atoms with van der Waals surface area (Å²) in [6.07, 6.45) is -3.41. The van der Waals surface area contributed by atoms with Crippen molar-refractivity contribution in [1.82, 2.24) is 15.2 Å². The molecular weight excluding hydrogens is 226 g/mol. The molecule has 3 nitrogen and oxygen atoms in total. The van der Waals surface area contributed by atoms with Gasteiger partial charge < -0.3 is 0 Å². The van der Waals surface area contributed by atoms with Gasteiger partial charge in [0.1, 0.15) is 12.1 Å². The molecule has 0 aliphatic rings. The van der Waals surface area contributed by atoms with E-state index in [4.69, 9.17) is 0 Å². The number of hydrogen-bond donors (Lipinski definition) is 1. The molecule has 1 heterocycles. The molecule has 0 unspecified atom stereocenters. The molecule has 0 bridgehead atoms. The summed E-state index contributed by atoms with van der Waals surface area (Å²) in [6, 6.07) is 2.23. The summed E-state index contributed by atoms with van der Waals surface area (Å²) in [5.41, 5.74) is -1.08. The van der Waals surface area contributed by atoms with E-state index >= 15 is 0 Å². The van der Waals surface area contributed by atoms with Gasteiger partial charge in [0, 0.05) is 0 Å². The monoisotopic (exact) mass is 231 g/mol. The van der Waals surface area contributed by atoms with Gasteiger partial charge in [-0.15, -0.1) is 0 Å². The first-order chi connectivity index (χ1) is 7.48. The minimum atomic E-state index is -4.55. The first kappa shape index (κ1) is 10.6. The van der Waals surface area contributed by atoms with Crippen LogP contribution in [0.4, 0.5) is 17.6 Å². The summed E-state index contributed by atoms with van der Waals surface area (Å²) < 4.78 is 50.1. The zero-order chi connectivity index (χ0) is 11.8. The van der Waals surface area contributed by atoms with E-state index in [-0.39, 0.29) is 11.4 Å². The third kappa shape index (κ3) is 1.88. The van der Waals surface area contributed by atoms with Gasteiger partial charge in [0.25, 0.3) is 0 Å². The molecule has 0 saturated heterocycles. The molecular formula is C9H5F4N3. The smallest absolute Gasteiger partial charge is 0.259 e. The molecule has 0 fully saturated rings. The molecule has 1 aromatic carbocycles. The van der Waals surface area contributed by atoms with Gasteiger partial charge in [-0.3, -0.25) is 5.10 Å². The summed E-state index contributed by atoms with van der Waals surface area (Å²) >= 11 is 0. The van der Waals surface area contributed by atoms with Crippen molar-refractivity contribution in [3.63, 3.8) is 0 Å². The standard InChI is InChI=1S/C9H5F4N3/c10-7-3-5(9(11,12)13)1-2-6(7)8-14-4-15-16-8/h1-4H,(H,14,15,16). The first-order valence-corrected chi connectivity index (χ1v) is 4.21. The summed E-state index contributed by atoms with van der Waals surface area (Å²) in [4.78, 5) is 3.65. The number of hydrogen-bond acceptors (Lipinski definition) is 2. The highest BCUT2D eigenvalue weighted by molar-refractivity contribution is 5.55. The highest BCUT2D eigenvalue weighted by Gasteiger charge is 2.31. The molecule has 0 aliphatic heterocycles. The van der Waals surface area contributed by atoms with E-state index in [0.717, 1.165) is 18.5 Å². The Morgan fingerprint density at radius 3 is 2.44 bits per heavy atom. The zero-order valence-electron chi connectivity index (χ0n) is 7.72. The van der Waals surface area contributed by atoms with E-state index < -0.39 is 17.6 Å². The Kier molecular flexibility index (Phi) is 2.37. The third-order valence-electron chi connectivity index (χ3n) is 1.97. The van der Waals surface area contributed by atoms with Gasteiger partial charge in [-0.25, -0.2) is 9.37 Å². The Hall–Kier alpha value is -1.92. The molecule has 0 atom stereocenters. The predicted molar refractivity (Wildman–Crippen MR) is 46.8 cm³/mol. The Bertz CT molecular complexity index is 490. The van der Waals surface area contributed by atoms with E-state index in [2.05, 4.69) is 15.2 Å². The van der Waals surface area contributed by atoms with Gasteiger partial charge in [0.05, 0.1) is 11.1 Å².